The van der Waals surface area contributed by atoms with Crippen molar-refractivity contribution in [2.75, 3.05) is 11.9 Å². The van der Waals surface area contributed by atoms with Crippen LogP contribution < -0.4 is 5.32 Å². The van der Waals surface area contributed by atoms with Gasteiger partial charge >= 0.3 is 5.97 Å². The van der Waals surface area contributed by atoms with Gasteiger partial charge < -0.3 is 10.1 Å². The average Bonchev–Trinajstić information content (AvgIpc) is 3.13. The molecule has 2 rings (SSSR count). The highest BCUT2D eigenvalue weighted by Gasteiger charge is 2.40. The van der Waals surface area contributed by atoms with E-state index in [-0.39, 0.29) is 30.2 Å². The third kappa shape index (κ3) is 3.66. The molecular weight excluding hydrogens is 258 g/mol. The molecule has 5 heteroatoms. The minimum atomic E-state index is -0.291. The molecule has 0 bridgehead atoms. The van der Waals surface area contributed by atoms with Crippen molar-refractivity contribution in [1.82, 2.24) is 0 Å². The minimum Gasteiger partial charge on any atom is -0.457 e. The molecule has 2 atom stereocenters. The fraction of sp³-hybridized carbons (Fsp3) is 0.400. The van der Waals surface area contributed by atoms with Gasteiger partial charge in [0.25, 0.3) is 0 Å². The van der Waals surface area contributed by atoms with Gasteiger partial charge in [0, 0.05) is 18.2 Å². The quantitative estimate of drug-likeness (QED) is 0.659. The molecule has 0 radical (unpaired) electrons. The van der Waals surface area contributed by atoms with Crippen LogP contribution in [0.2, 0.25) is 0 Å². The summed E-state index contributed by atoms with van der Waals surface area (Å²) in [5.41, 5.74) is 1.08. The molecular formula is C15H17NO4. The third-order valence-corrected chi connectivity index (χ3v) is 3.28. The smallest absolute Gasteiger partial charge is 0.309 e. The molecule has 1 amide bonds. The lowest BCUT2D eigenvalue weighted by atomic mass is 10.1. The summed E-state index contributed by atoms with van der Waals surface area (Å²) in [6.45, 7) is 3.16. The zero-order valence-corrected chi connectivity index (χ0v) is 11.5. The first-order valence-electron chi connectivity index (χ1n) is 6.55. The molecule has 0 aliphatic heterocycles. The Balaban J connectivity index is 1.85. The maximum absolute atomic E-state index is 11.8. The second-order valence-electron chi connectivity index (χ2n) is 5.11. The van der Waals surface area contributed by atoms with Crippen LogP contribution in [0.4, 0.5) is 5.69 Å². The van der Waals surface area contributed by atoms with E-state index in [0.29, 0.717) is 17.2 Å². The lowest BCUT2D eigenvalue weighted by Gasteiger charge is -2.05. The van der Waals surface area contributed by atoms with Gasteiger partial charge in [-0.1, -0.05) is 6.92 Å². The molecule has 0 aromatic heterocycles. The van der Waals surface area contributed by atoms with Crippen molar-refractivity contribution in [3.8, 4) is 0 Å². The maximum Gasteiger partial charge on any atom is 0.309 e. The molecule has 1 aromatic rings. The van der Waals surface area contributed by atoms with E-state index in [1.165, 1.54) is 6.92 Å². The van der Waals surface area contributed by atoms with Crippen LogP contribution in [0.5, 0.6) is 0 Å². The van der Waals surface area contributed by atoms with Crippen LogP contribution in [0.1, 0.15) is 30.6 Å². The van der Waals surface area contributed by atoms with E-state index in [2.05, 4.69) is 5.32 Å². The monoisotopic (exact) mass is 275 g/mol. The van der Waals surface area contributed by atoms with Crippen LogP contribution >= 0.6 is 0 Å². The van der Waals surface area contributed by atoms with Crippen molar-refractivity contribution in [1.29, 1.82) is 0 Å². The SMILES string of the molecule is CC(=O)Nc1ccc(C(=O)COC(=O)[C@H]2C[C@@H]2C)cc1. The molecule has 1 aliphatic rings. The van der Waals surface area contributed by atoms with Gasteiger partial charge in [0.15, 0.2) is 12.4 Å². The Labute approximate surface area is 117 Å². The van der Waals surface area contributed by atoms with Gasteiger partial charge in [-0.05, 0) is 36.6 Å². The minimum absolute atomic E-state index is 0.0371. The Morgan fingerprint density at radius 3 is 2.35 bits per heavy atom. The van der Waals surface area contributed by atoms with Gasteiger partial charge in [0.05, 0.1) is 5.92 Å². The number of ketones is 1. The summed E-state index contributed by atoms with van der Waals surface area (Å²) in [5, 5.41) is 2.61. The van der Waals surface area contributed by atoms with Gasteiger partial charge in [-0.15, -0.1) is 0 Å². The lowest BCUT2D eigenvalue weighted by molar-refractivity contribution is -0.144. The molecule has 1 aliphatic carbocycles. The Bertz CT molecular complexity index is 535. The van der Waals surface area contributed by atoms with Gasteiger partial charge in [0.1, 0.15) is 0 Å². The van der Waals surface area contributed by atoms with E-state index in [4.69, 9.17) is 4.74 Å². The molecule has 1 N–H and O–H groups in total. The number of hydrogen-bond acceptors (Lipinski definition) is 4. The van der Waals surface area contributed by atoms with Crippen LogP contribution in [0, 0.1) is 11.8 Å². The van der Waals surface area contributed by atoms with Gasteiger partial charge in [-0.25, -0.2) is 0 Å². The number of anilines is 1. The number of carbonyl (C=O) groups excluding carboxylic acids is 3. The highest BCUT2D eigenvalue weighted by molar-refractivity contribution is 5.98. The highest BCUT2D eigenvalue weighted by Crippen LogP contribution is 2.38. The molecule has 1 fully saturated rings. The third-order valence-electron chi connectivity index (χ3n) is 3.28. The topological polar surface area (TPSA) is 72.5 Å². The second-order valence-corrected chi connectivity index (χ2v) is 5.11. The molecule has 0 spiro atoms. The fourth-order valence-corrected chi connectivity index (χ4v) is 1.92. The highest BCUT2D eigenvalue weighted by atomic mass is 16.5. The van der Waals surface area contributed by atoms with Crippen molar-refractivity contribution < 1.29 is 19.1 Å². The number of benzene rings is 1. The fourth-order valence-electron chi connectivity index (χ4n) is 1.92. The summed E-state index contributed by atoms with van der Waals surface area (Å²) in [7, 11) is 0. The van der Waals surface area contributed by atoms with Crippen LogP contribution in [0.3, 0.4) is 0 Å². The normalized spacial score (nSPS) is 20.1. The van der Waals surface area contributed by atoms with Crippen molar-refractivity contribution >= 4 is 23.3 Å². The summed E-state index contributed by atoms with van der Waals surface area (Å²) >= 11 is 0. The molecule has 0 saturated heterocycles. The van der Waals surface area contributed by atoms with Crippen LogP contribution in [0.25, 0.3) is 0 Å². The number of amides is 1. The van der Waals surface area contributed by atoms with E-state index in [0.717, 1.165) is 6.42 Å². The zero-order chi connectivity index (χ0) is 14.7. The average molecular weight is 275 g/mol. The van der Waals surface area contributed by atoms with Gasteiger partial charge in [0.2, 0.25) is 5.91 Å². The van der Waals surface area contributed by atoms with Crippen LogP contribution in [-0.2, 0) is 14.3 Å². The summed E-state index contributed by atoms with van der Waals surface area (Å²) < 4.78 is 4.99. The molecule has 1 saturated carbocycles. The Hall–Kier alpha value is -2.17. The predicted octanol–water partition coefficient (Wildman–Crippen LogP) is 2.03. The number of carbonyl (C=O) groups is 3. The van der Waals surface area contributed by atoms with E-state index < -0.39 is 0 Å². The summed E-state index contributed by atoms with van der Waals surface area (Å²) in [5.74, 6) is -0.377. The first-order chi connectivity index (χ1) is 9.47. The Morgan fingerprint density at radius 2 is 1.85 bits per heavy atom. The summed E-state index contributed by atoms with van der Waals surface area (Å²) in [6, 6.07) is 6.47. The van der Waals surface area contributed by atoms with Crippen molar-refractivity contribution in [3.05, 3.63) is 29.8 Å². The predicted molar refractivity (Wildman–Crippen MR) is 73.3 cm³/mol. The van der Waals surface area contributed by atoms with E-state index >= 15 is 0 Å². The number of rotatable bonds is 5. The number of Topliss-reactive ketones (excluding diaryl/α,β-unsaturated/α-hetero) is 1. The standard InChI is InChI=1S/C15H17NO4/c1-9-7-13(9)15(19)20-8-14(18)11-3-5-12(6-4-11)16-10(2)17/h3-6,9,13H,7-8H2,1-2H3,(H,16,17)/t9-,13-/m0/s1. The van der Waals surface area contributed by atoms with E-state index in [1.54, 1.807) is 24.3 Å². The van der Waals surface area contributed by atoms with E-state index in [9.17, 15) is 14.4 Å². The number of nitrogens with one attached hydrogen (secondary N) is 1. The van der Waals surface area contributed by atoms with Crippen LogP contribution in [-0.4, -0.2) is 24.3 Å². The van der Waals surface area contributed by atoms with Gasteiger partial charge in [-0.2, -0.15) is 0 Å². The molecule has 1 aromatic carbocycles. The second kappa shape index (κ2) is 5.86. The molecule has 0 unspecified atom stereocenters. The van der Waals surface area contributed by atoms with Crippen LogP contribution in [0.15, 0.2) is 24.3 Å². The first-order valence-corrected chi connectivity index (χ1v) is 6.55. The zero-order valence-electron chi connectivity index (χ0n) is 11.5. The first kappa shape index (κ1) is 14.2. The maximum atomic E-state index is 11.8. The molecule has 5 nitrogen and oxygen atoms in total. The molecule has 20 heavy (non-hydrogen) atoms. The largest absolute Gasteiger partial charge is 0.457 e. The van der Waals surface area contributed by atoms with Crippen molar-refractivity contribution in [3.63, 3.8) is 0 Å². The lowest BCUT2D eigenvalue weighted by Crippen LogP contribution is -2.15. The Morgan fingerprint density at radius 1 is 1.25 bits per heavy atom. The number of esters is 1. The summed E-state index contributed by atoms with van der Waals surface area (Å²) in [4.78, 5) is 34.2. The van der Waals surface area contributed by atoms with Crippen molar-refractivity contribution in [2.45, 2.75) is 20.3 Å². The number of hydrogen-bond donors (Lipinski definition) is 1. The number of ether oxygens (including phenoxy) is 1. The molecule has 106 valence electrons. The van der Waals surface area contributed by atoms with Crippen molar-refractivity contribution in [2.24, 2.45) is 11.8 Å². The Kier molecular flexibility index (Phi) is 4.17. The summed E-state index contributed by atoms with van der Waals surface area (Å²) in [6.07, 6.45) is 0.846. The van der Waals surface area contributed by atoms with E-state index in [1.807, 2.05) is 6.92 Å². The van der Waals surface area contributed by atoms with Gasteiger partial charge in [-0.3, -0.25) is 14.4 Å². The molecule has 0 heterocycles.